The van der Waals surface area contributed by atoms with Gasteiger partial charge in [-0.05, 0) is 19.8 Å². The topological polar surface area (TPSA) is 82.3 Å². The molecular weight excluding hydrogens is 244 g/mol. The molecule has 0 spiro atoms. The van der Waals surface area contributed by atoms with Crippen LogP contribution in [-0.2, 0) is 21.7 Å². The van der Waals surface area contributed by atoms with Crippen LogP contribution in [0.25, 0.3) is 0 Å². The highest BCUT2D eigenvalue weighted by atomic mass is 16.5. The maximum atomic E-state index is 5.91. The summed E-state index contributed by atoms with van der Waals surface area (Å²) in [5.41, 5.74) is 2.88. The summed E-state index contributed by atoms with van der Waals surface area (Å²) in [4.78, 5) is 8.99. The Hall–Kier alpha value is -1.24. The van der Waals surface area contributed by atoms with E-state index >= 15 is 0 Å². The van der Waals surface area contributed by atoms with E-state index in [4.69, 9.17) is 15.3 Å². The third-order valence-corrected chi connectivity index (χ3v) is 3.19. The molecule has 0 amide bonds. The van der Waals surface area contributed by atoms with Gasteiger partial charge in [0.15, 0.2) is 5.82 Å². The maximum Gasteiger partial charge on any atom is 0.162 e. The number of hydrazine groups is 1. The Balaban J connectivity index is 3.24. The smallest absolute Gasteiger partial charge is 0.162 e. The lowest BCUT2D eigenvalue weighted by molar-refractivity contribution is -0.0573. The first-order chi connectivity index (χ1) is 9.15. The zero-order valence-electron chi connectivity index (χ0n) is 12.2. The monoisotopic (exact) mass is 268 g/mol. The molecule has 3 N–H and O–H groups in total. The summed E-state index contributed by atoms with van der Waals surface area (Å²) in [5, 5.41) is 0. The standard InChI is InChI=1S/C13H24N4O2/c1-5-13(6-2,19-7-3)12-15-10(9-18-4)8-11(16-12)17-14/h8H,5-7,9,14H2,1-4H3,(H,15,16,17). The minimum atomic E-state index is -0.468. The van der Waals surface area contributed by atoms with Gasteiger partial charge in [0, 0.05) is 19.8 Å². The Morgan fingerprint density at radius 3 is 2.42 bits per heavy atom. The summed E-state index contributed by atoms with van der Waals surface area (Å²) in [5.74, 6) is 6.69. The second-order valence-corrected chi connectivity index (χ2v) is 4.28. The Morgan fingerprint density at radius 1 is 1.26 bits per heavy atom. The van der Waals surface area contributed by atoms with E-state index < -0.39 is 5.60 Å². The molecular formula is C13H24N4O2. The number of ether oxygens (including phenoxy) is 2. The van der Waals surface area contributed by atoms with Crippen molar-refractivity contribution in [1.29, 1.82) is 0 Å². The van der Waals surface area contributed by atoms with E-state index in [1.165, 1.54) is 0 Å². The van der Waals surface area contributed by atoms with Gasteiger partial charge in [0.1, 0.15) is 11.4 Å². The van der Waals surface area contributed by atoms with Gasteiger partial charge in [-0.1, -0.05) is 13.8 Å². The van der Waals surface area contributed by atoms with Gasteiger partial charge in [-0.2, -0.15) is 0 Å². The van der Waals surface area contributed by atoms with Gasteiger partial charge in [-0.25, -0.2) is 15.8 Å². The van der Waals surface area contributed by atoms with Crippen molar-refractivity contribution in [3.8, 4) is 0 Å². The highest BCUT2D eigenvalue weighted by Crippen LogP contribution is 2.31. The second-order valence-electron chi connectivity index (χ2n) is 4.28. The van der Waals surface area contributed by atoms with Crippen molar-refractivity contribution in [1.82, 2.24) is 9.97 Å². The van der Waals surface area contributed by atoms with Crippen molar-refractivity contribution in [3.05, 3.63) is 17.6 Å². The van der Waals surface area contributed by atoms with Crippen molar-refractivity contribution >= 4 is 5.82 Å². The van der Waals surface area contributed by atoms with Crippen molar-refractivity contribution in [2.24, 2.45) is 5.84 Å². The molecule has 0 aliphatic heterocycles. The number of hydrogen-bond acceptors (Lipinski definition) is 6. The van der Waals surface area contributed by atoms with E-state index in [1.54, 1.807) is 13.2 Å². The molecule has 0 saturated heterocycles. The maximum absolute atomic E-state index is 5.91. The Bertz CT molecular complexity index is 394. The lowest BCUT2D eigenvalue weighted by Gasteiger charge is -2.30. The summed E-state index contributed by atoms with van der Waals surface area (Å²) in [6.45, 7) is 7.15. The van der Waals surface area contributed by atoms with Crippen LogP contribution < -0.4 is 11.3 Å². The SMILES string of the molecule is CCOC(CC)(CC)c1nc(COC)cc(NN)n1. The first-order valence-corrected chi connectivity index (χ1v) is 6.63. The molecule has 0 radical (unpaired) electrons. The van der Waals surface area contributed by atoms with Gasteiger partial charge in [-0.3, -0.25) is 0 Å². The van der Waals surface area contributed by atoms with Crippen molar-refractivity contribution in [2.75, 3.05) is 19.1 Å². The van der Waals surface area contributed by atoms with Crippen LogP contribution in [-0.4, -0.2) is 23.7 Å². The molecule has 0 saturated carbocycles. The fourth-order valence-corrected chi connectivity index (χ4v) is 2.11. The Morgan fingerprint density at radius 2 is 1.95 bits per heavy atom. The molecule has 6 nitrogen and oxygen atoms in total. The quantitative estimate of drug-likeness (QED) is 0.554. The van der Waals surface area contributed by atoms with E-state index in [2.05, 4.69) is 29.2 Å². The average Bonchev–Trinajstić information content (AvgIpc) is 2.45. The molecule has 0 fully saturated rings. The van der Waals surface area contributed by atoms with Gasteiger partial charge in [-0.15, -0.1) is 0 Å². The number of anilines is 1. The van der Waals surface area contributed by atoms with Gasteiger partial charge in [0.05, 0.1) is 12.3 Å². The van der Waals surface area contributed by atoms with Crippen LogP contribution in [0.3, 0.4) is 0 Å². The van der Waals surface area contributed by atoms with E-state index in [9.17, 15) is 0 Å². The predicted octanol–water partition coefficient (Wildman–Crippen LogP) is 1.96. The fourth-order valence-electron chi connectivity index (χ4n) is 2.11. The van der Waals surface area contributed by atoms with Crippen LogP contribution >= 0.6 is 0 Å². The summed E-state index contributed by atoms with van der Waals surface area (Å²) in [6, 6.07) is 1.77. The van der Waals surface area contributed by atoms with Crippen LogP contribution in [0.5, 0.6) is 0 Å². The molecule has 0 unspecified atom stereocenters. The Kier molecular flexibility index (Phi) is 6.14. The van der Waals surface area contributed by atoms with E-state index in [-0.39, 0.29) is 0 Å². The normalized spacial score (nSPS) is 11.6. The summed E-state index contributed by atoms with van der Waals surface area (Å²) >= 11 is 0. The molecule has 19 heavy (non-hydrogen) atoms. The number of rotatable bonds is 8. The van der Waals surface area contributed by atoms with E-state index in [0.29, 0.717) is 24.9 Å². The molecule has 1 rings (SSSR count). The zero-order valence-corrected chi connectivity index (χ0v) is 12.2. The highest BCUT2D eigenvalue weighted by molar-refractivity contribution is 5.35. The number of nitrogens with two attached hydrogens (primary N) is 1. The van der Waals surface area contributed by atoms with Crippen molar-refractivity contribution < 1.29 is 9.47 Å². The fraction of sp³-hybridized carbons (Fsp3) is 0.692. The molecule has 108 valence electrons. The van der Waals surface area contributed by atoms with E-state index in [1.807, 2.05) is 6.92 Å². The minimum Gasteiger partial charge on any atom is -0.378 e. The first-order valence-electron chi connectivity index (χ1n) is 6.63. The van der Waals surface area contributed by atoms with Crippen LogP contribution in [0.15, 0.2) is 6.07 Å². The number of nitrogens with zero attached hydrogens (tertiary/aromatic N) is 2. The third-order valence-electron chi connectivity index (χ3n) is 3.19. The van der Waals surface area contributed by atoms with Crippen LogP contribution in [0.2, 0.25) is 0 Å². The lowest BCUT2D eigenvalue weighted by atomic mass is 9.95. The molecule has 0 aliphatic carbocycles. The number of hydrogen-bond donors (Lipinski definition) is 2. The zero-order chi connectivity index (χ0) is 14.3. The average molecular weight is 268 g/mol. The largest absolute Gasteiger partial charge is 0.378 e. The predicted molar refractivity (Wildman–Crippen MR) is 74.4 cm³/mol. The number of aromatic nitrogens is 2. The van der Waals surface area contributed by atoms with Crippen molar-refractivity contribution in [3.63, 3.8) is 0 Å². The van der Waals surface area contributed by atoms with Crippen molar-refractivity contribution in [2.45, 2.75) is 45.8 Å². The van der Waals surface area contributed by atoms with Crippen LogP contribution in [0, 0.1) is 0 Å². The molecule has 1 aromatic heterocycles. The molecule has 1 aromatic rings. The lowest BCUT2D eigenvalue weighted by Crippen LogP contribution is -2.32. The Labute approximate surface area is 114 Å². The second kappa shape index (κ2) is 7.37. The minimum absolute atomic E-state index is 0.417. The summed E-state index contributed by atoms with van der Waals surface area (Å²) < 4.78 is 11.0. The van der Waals surface area contributed by atoms with E-state index in [0.717, 1.165) is 18.5 Å². The highest BCUT2D eigenvalue weighted by Gasteiger charge is 2.32. The first kappa shape index (κ1) is 15.8. The number of methoxy groups -OCH3 is 1. The molecule has 6 heteroatoms. The van der Waals surface area contributed by atoms with Gasteiger partial charge >= 0.3 is 0 Å². The molecule has 0 atom stereocenters. The molecule has 0 aromatic carbocycles. The molecule has 0 bridgehead atoms. The third kappa shape index (κ3) is 3.62. The van der Waals surface area contributed by atoms with Gasteiger partial charge in [0.25, 0.3) is 0 Å². The molecule has 0 aliphatic rings. The van der Waals surface area contributed by atoms with Crippen LogP contribution in [0.4, 0.5) is 5.82 Å². The van der Waals surface area contributed by atoms with Crippen LogP contribution in [0.1, 0.15) is 45.1 Å². The number of nitrogen functional groups attached to an aromatic ring is 1. The summed E-state index contributed by atoms with van der Waals surface area (Å²) in [6.07, 6.45) is 1.61. The summed E-state index contributed by atoms with van der Waals surface area (Å²) in [7, 11) is 1.63. The molecule has 1 heterocycles. The number of nitrogens with one attached hydrogen (secondary N) is 1. The van der Waals surface area contributed by atoms with Gasteiger partial charge < -0.3 is 14.9 Å². The van der Waals surface area contributed by atoms with Gasteiger partial charge in [0.2, 0.25) is 0 Å².